The lowest BCUT2D eigenvalue weighted by molar-refractivity contribution is 0.0690. The van der Waals surface area contributed by atoms with Crippen LogP contribution in [-0.4, -0.2) is 27.6 Å². The Hall–Kier alpha value is -1.95. The molecule has 2 rings (SSSR count). The summed E-state index contributed by atoms with van der Waals surface area (Å²) >= 11 is 1.69. The number of aryl methyl sites for hydroxylation is 2. The van der Waals surface area contributed by atoms with Gasteiger partial charge in [-0.15, -0.1) is 11.3 Å². The molecule has 0 radical (unpaired) electrons. The summed E-state index contributed by atoms with van der Waals surface area (Å²) in [5, 5.41) is 13.0. The standard InChI is InChI=1S/C13H15N3O2S/c1-8-9(2)19-12(15-8)6-7-14-11-5-3-4-10(16-11)13(17)18/h3-5H,6-7H2,1-2H3,(H,14,16)(H,17,18). The topological polar surface area (TPSA) is 75.1 Å². The second-order valence-electron chi connectivity index (χ2n) is 4.14. The molecule has 0 spiro atoms. The monoisotopic (exact) mass is 277 g/mol. The fourth-order valence-corrected chi connectivity index (χ4v) is 2.53. The molecule has 6 heteroatoms. The fraction of sp³-hybridized carbons (Fsp3) is 0.308. The van der Waals surface area contributed by atoms with Gasteiger partial charge in [0.05, 0.1) is 10.7 Å². The summed E-state index contributed by atoms with van der Waals surface area (Å²) in [5.74, 6) is -0.445. The zero-order chi connectivity index (χ0) is 13.8. The van der Waals surface area contributed by atoms with Crippen LogP contribution in [-0.2, 0) is 6.42 Å². The first kappa shape index (κ1) is 13.5. The van der Waals surface area contributed by atoms with Crippen LogP contribution in [0.3, 0.4) is 0 Å². The summed E-state index contributed by atoms with van der Waals surface area (Å²) in [6.07, 6.45) is 0.804. The summed E-state index contributed by atoms with van der Waals surface area (Å²) in [5.41, 5.74) is 1.12. The molecule has 0 atom stereocenters. The van der Waals surface area contributed by atoms with Crippen molar-refractivity contribution in [3.05, 3.63) is 39.5 Å². The van der Waals surface area contributed by atoms with Gasteiger partial charge in [0.25, 0.3) is 0 Å². The average molecular weight is 277 g/mol. The highest BCUT2D eigenvalue weighted by Crippen LogP contribution is 2.16. The summed E-state index contributed by atoms with van der Waals surface area (Å²) in [6, 6.07) is 4.91. The molecule has 2 aromatic rings. The molecule has 0 saturated carbocycles. The molecule has 0 aromatic carbocycles. The largest absolute Gasteiger partial charge is 0.477 e. The van der Waals surface area contributed by atoms with E-state index in [1.807, 2.05) is 6.92 Å². The van der Waals surface area contributed by atoms with E-state index >= 15 is 0 Å². The molecular weight excluding hydrogens is 262 g/mol. The molecule has 100 valence electrons. The molecule has 5 nitrogen and oxygen atoms in total. The third-order valence-electron chi connectivity index (χ3n) is 2.69. The molecular formula is C13H15N3O2S. The van der Waals surface area contributed by atoms with Crippen molar-refractivity contribution < 1.29 is 9.90 Å². The molecule has 2 N–H and O–H groups in total. The van der Waals surface area contributed by atoms with E-state index < -0.39 is 5.97 Å². The van der Waals surface area contributed by atoms with Gasteiger partial charge in [0.1, 0.15) is 5.82 Å². The van der Waals surface area contributed by atoms with Crippen molar-refractivity contribution >= 4 is 23.1 Å². The van der Waals surface area contributed by atoms with Crippen LogP contribution in [0.1, 0.15) is 26.1 Å². The van der Waals surface area contributed by atoms with Gasteiger partial charge >= 0.3 is 5.97 Å². The number of aromatic carboxylic acids is 1. The first-order chi connectivity index (χ1) is 9.06. The number of carboxylic acids is 1. The SMILES string of the molecule is Cc1nc(CCNc2cccc(C(=O)O)n2)sc1C. The van der Waals surface area contributed by atoms with E-state index in [1.165, 1.54) is 10.9 Å². The van der Waals surface area contributed by atoms with Crippen molar-refractivity contribution in [3.8, 4) is 0 Å². The first-order valence-electron chi connectivity index (χ1n) is 5.93. The molecule has 0 amide bonds. The van der Waals surface area contributed by atoms with E-state index in [1.54, 1.807) is 23.5 Å². The second kappa shape index (κ2) is 5.79. The second-order valence-corrected chi connectivity index (χ2v) is 5.43. The van der Waals surface area contributed by atoms with Crippen LogP contribution in [0.2, 0.25) is 0 Å². The fourth-order valence-electron chi connectivity index (χ4n) is 1.60. The van der Waals surface area contributed by atoms with E-state index in [9.17, 15) is 4.79 Å². The predicted octanol–water partition coefficient (Wildman–Crippen LogP) is 2.51. The summed E-state index contributed by atoms with van der Waals surface area (Å²) in [7, 11) is 0. The summed E-state index contributed by atoms with van der Waals surface area (Å²) < 4.78 is 0. The Bertz CT molecular complexity index is 576. The quantitative estimate of drug-likeness (QED) is 0.878. The number of thiazole rings is 1. The molecule has 0 aliphatic rings. The maximum Gasteiger partial charge on any atom is 0.354 e. The van der Waals surface area contributed by atoms with Gasteiger partial charge in [-0.25, -0.2) is 14.8 Å². The Balaban J connectivity index is 1.92. The van der Waals surface area contributed by atoms with Crippen LogP contribution >= 0.6 is 11.3 Å². The van der Waals surface area contributed by atoms with E-state index in [0.717, 1.165) is 17.1 Å². The molecule has 19 heavy (non-hydrogen) atoms. The third-order valence-corrected chi connectivity index (χ3v) is 3.82. The molecule has 0 aliphatic carbocycles. The highest BCUT2D eigenvalue weighted by Gasteiger charge is 2.06. The van der Waals surface area contributed by atoms with Crippen molar-refractivity contribution in [1.29, 1.82) is 0 Å². The Morgan fingerprint density at radius 1 is 1.37 bits per heavy atom. The van der Waals surface area contributed by atoms with Crippen LogP contribution in [0.5, 0.6) is 0 Å². The normalized spacial score (nSPS) is 10.4. The van der Waals surface area contributed by atoms with Gasteiger partial charge < -0.3 is 10.4 Å². The zero-order valence-electron chi connectivity index (χ0n) is 10.8. The van der Waals surface area contributed by atoms with Crippen molar-refractivity contribution in [2.24, 2.45) is 0 Å². The number of hydrogen-bond donors (Lipinski definition) is 2. The van der Waals surface area contributed by atoms with Crippen molar-refractivity contribution in [2.45, 2.75) is 20.3 Å². The minimum absolute atomic E-state index is 0.0472. The maximum atomic E-state index is 10.8. The van der Waals surface area contributed by atoms with E-state index in [-0.39, 0.29) is 5.69 Å². The Morgan fingerprint density at radius 3 is 2.79 bits per heavy atom. The average Bonchev–Trinajstić information content (AvgIpc) is 2.69. The van der Waals surface area contributed by atoms with E-state index in [2.05, 4.69) is 22.2 Å². The number of anilines is 1. The van der Waals surface area contributed by atoms with Gasteiger partial charge in [-0.2, -0.15) is 0 Å². The lowest BCUT2D eigenvalue weighted by Gasteiger charge is -2.04. The van der Waals surface area contributed by atoms with Gasteiger partial charge in [0.15, 0.2) is 5.69 Å². The Kier molecular flexibility index (Phi) is 4.11. The molecule has 0 bridgehead atoms. The smallest absolute Gasteiger partial charge is 0.354 e. The molecule has 2 aromatic heterocycles. The number of rotatable bonds is 5. The van der Waals surface area contributed by atoms with E-state index in [0.29, 0.717) is 12.4 Å². The van der Waals surface area contributed by atoms with Crippen molar-refractivity contribution in [3.63, 3.8) is 0 Å². The molecule has 0 fully saturated rings. The zero-order valence-corrected chi connectivity index (χ0v) is 11.6. The van der Waals surface area contributed by atoms with Crippen LogP contribution in [0, 0.1) is 13.8 Å². The minimum atomic E-state index is -1.02. The maximum absolute atomic E-state index is 10.8. The molecule has 0 unspecified atom stereocenters. The van der Waals surface area contributed by atoms with Gasteiger partial charge in [0, 0.05) is 17.8 Å². The highest BCUT2D eigenvalue weighted by atomic mass is 32.1. The molecule has 2 heterocycles. The number of pyridine rings is 1. The van der Waals surface area contributed by atoms with Gasteiger partial charge in [0.2, 0.25) is 0 Å². The number of carboxylic acid groups (broad SMARTS) is 1. The van der Waals surface area contributed by atoms with Gasteiger partial charge in [-0.3, -0.25) is 0 Å². The van der Waals surface area contributed by atoms with Crippen LogP contribution in [0.25, 0.3) is 0 Å². The van der Waals surface area contributed by atoms with Crippen LogP contribution < -0.4 is 5.32 Å². The van der Waals surface area contributed by atoms with Gasteiger partial charge in [-0.1, -0.05) is 6.07 Å². The van der Waals surface area contributed by atoms with Crippen molar-refractivity contribution in [2.75, 3.05) is 11.9 Å². The number of hydrogen-bond acceptors (Lipinski definition) is 5. The third kappa shape index (κ3) is 3.51. The molecule has 0 aliphatic heterocycles. The Morgan fingerprint density at radius 2 is 2.16 bits per heavy atom. The van der Waals surface area contributed by atoms with E-state index in [4.69, 9.17) is 5.11 Å². The number of nitrogens with one attached hydrogen (secondary N) is 1. The highest BCUT2D eigenvalue weighted by molar-refractivity contribution is 7.11. The minimum Gasteiger partial charge on any atom is -0.477 e. The summed E-state index contributed by atoms with van der Waals surface area (Å²) in [4.78, 5) is 20.5. The van der Waals surface area contributed by atoms with Crippen LogP contribution in [0.4, 0.5) is 5.82 Å². The van der Waals surface area contributed by atoms with Gasteiger partial charge in [-0.05, 0) is 26.0 Å². The van der Waals surface area contributed by atoms with Crippen molar-refractivity contribution in [1.82, 2.24) is 9.97 Å². The number of nitrogens with zero attached hydrogens (tertiary/aromatic N) is 2. The Labute approximate surface area is 115 Å². The lowest BCUT2D eigenvalue weighted by Crippen LogP contribution is -2.08. The predicted molar refractivity (Wildman–Crippen MR) is 75.0 cm³/mol. The lowest BCUT2D eigenvalue weighted by atomic mass is 10.3. The van der Waals surface area contributed by atoms with Crippen LogP contribution in [0.15, 0.2) is 18.2 Å². The number of carbonyl (C=O) groups is 1. The molecule has 0 saturated heterocycles. The number of aromatic nitrogens is 2. The first-order valence-corrected chi connectivity index (χ1v) is 6.75. The summed E-state index contributed by atoms with van der Waals surface area (Å²) in [6.45, 7) is 4.74.